The number of nitrogens with zero attached hydrogens (tertiary/aromatic N) is 2. The number of carbonyl (C=O) groups excluding carboxylic acids is 2. The van der Waals surface area contributed by atoms with Gasteiger partial charge in [0, 0.05) is 19.5 Å². The Bertz CT molecular complexity index is 1390. The number of nitrogens with one attached hydrogen (secondary N) is 1. The lowest BCUT2D eigenvalue weighted by atomic mass is 10.0. The molecule has 1 atom stereocenters. The number of rotatable bonds is 14. The quantitative estimate of drug-likeness (QED) is 0.259. The Morgan fingerprint density at radius 2 is 1.51 bits per heavy atom. The molecule has 0 saturated carbocycles. The molecule has 41 heavy (non-hydrogen) atoms. The van der Waals surface area contributed by atoms with Gasteiger partial charge in [0.1, 0.15) is 12.6 Å². The fourth-order valence-electron chi connectivity index (χ4n) is 4.75. The van der Waals surface area contributed by atoms with Crippen molar-refractivity contribution in [3.8, 4) is 0 Å². The first kappa shape index (κ1) is 31.9. The molecule has 220 valence electrons. The SMILES string of the molecule is CCCCNC(=O)C(Cc1ccccc1)N(Cc1ccc(C)cc1)C(=O)CN(c1ccccc1C(C)C)S(C)(=O)=O. The number of amides is 2. The molecule has 7 nitrogen and oxygen atoms in total. The van der Waals surface area contributed by atoms with E-state index in [2.05, 4.69) is 12.2 Å². The minimum atomic E-state index is -3.82. The minimum Gasteiger partial charge on any atom is -0.354 e. The van der Waals surface area contributed by atoms with Crippen LogP contribution in [0.5, 0.6) is 0 Å². The zero-order valence-electron chi connectivity index (χ0n) is 24.8. The number of unbranched alkanes of at least 4 members (excludes halogenated alkanes) is 1. The van der Waals surface area contributed by atoms with E-state index in [0.29, 0.717) is 18.7 Å². The van der Waals surface area contributed by atoms with E-state index in [-0.39, 0.29) is 18.4 Å². The molecular weight excluding hydrogens is 534 g/mol. The summed E-state index contributed by atoms with van der Waals surface area (Å²) >= 11 is 0. The summed E-state index contributed by atoms with van der Waals surface area (Å²) in [6, 6.07) is 23.8. The standard InChI is InChI=1S/C33H43N3O4S/c1-6-7-21-34-33(38)31(22-27-13-9-8-10-14-27)35(23-28-19-17-26(4)18-20-28)32(37)24-36(41(5,39)40)30-16-12-11-15-29(30)25(2)3/h8-20,25,31H,6-7,21-24H2,1-5H3,(H,34,38). The van der Waals surface area contributed by atoms with Gasteiger partial charge in [-0.25, -0.2) is 8.42 Å². The van der Waals surface area contributed by atoms with Gasteiger partial charge in [0.2, 0.25) is 21.8 Å². The molecule has 0 radical (unpaired) electrons. The van der Waals surface area contributed by atoms with Gasteiger partial charge in [-0.2, -0.15) is 0 Å². The van der Waals surface area contributed by atoms with Crippen molar-refractivity contribution in [2.75, 3.05) is 23.7 Å². The summed E-state index contributed by atoms with van der Waals surface area (Å²) in [6.07, 6.45) is 3.16. The normalized spacial score (nSPS) is 12.1. The minimum absolute atomic E-state index is 0.0457. The molecule has 0 saturated heterocycles. The van der Waals surface area contributed by atoms with E-state index in [9.17, 15) is 18.0 Å². The summed E-state index contributed by atoms with van der Waals surface area (Å²) in [5.41, 5.74) is 4.15. The second kappa shape index (κ2) is 14.8. The third-order valence-electron chi connectivity index (χ3n) is 7.08. The molecule has 8 heteroatoms. The number of sulfonamides is 1. The summed E-state index contributed by atoms with van der Waals surface area (Å²) in [4.78, 5) is 29.4. The fraction of sp³-hybridized carbons (Fsp3) is 0.394. The number of hydrogen-bond acceptors (Lipinski definition) is 4. The number of anilines is 1. The van der Waals surface area contributed by atoms with Crippen molar-refractivity contribution >= 4 is 27.5 Å². The van der Waals surface area contributed by atoms with Gasteiger partial charge in [0.05, 0.1) is 11.9 Å². The van der Waals surface area contributed by atoms with Crippen LogP contribution in [0.25, 0.3) is 0 Å². The van der Waals surface area contributed by atoms with Gasteiger partial charge in [-0.05, 0) is 42.0 Å². The van der Waals surface area contributed by atoms with Gasteiger partial charge in [0.15, 0.2) is 0 Å². The maximum Gasteiger partial charge on any atom is 0.244 e. The van der Waals surface area contributed by atoms with Crippen molar-refractivity contribution in [3.05, 3.63) is 101 Å². The van der Waals surface area contributed by atoms with Crippen LogP contribution in [-0.2, 0) is 32.6 Å². The second-order valence-corrected chi connectivity index (χ2v) is 12.7. The van der Waals surface area contributed by atoms with E-state index < -0.39 is 28.5 Å². The Hall–Kier alpha value is -3.65. The molecule has 0 aromatic heterocycles. The second-order valence-electron chi connectivity index (χ2n) is 10.8. The monoisotopic (exact) mass is 577 g/mol. The molecule has 0 aliphatic rings. The number of benzene rings is 3. The zero-order valence-corrected chi connectivity index (χ0v) is 25.7. The predicted octanol–water partition coefficient (Wildman–Crippen LogP) is 5.44. The lowest BCUT2D eigenvalue weighted by Crippen LogP contribution is -2.53. The molecule has 0 aliphatic carbocycles. The molecule has 0 heterocycles. The Labute approximate surface area is 245 Å². The third kappa shape index (κ3) is 9.18. The Morgan fingerprint density at radius 1 is 0.878 bits per heavy atom. The zero-order chi connectivity index (χ0) is 30.0. The van der Waals surface area contributed by atoms with E-state index in [0.717, 1.165) is 41.4 Å². The smallest absolute Gasteiger partial charge is 0.244 e. The Kier molecular flexibility index (Phi) is 11.5. The number of aryl methyl sites for hydroxylation is 1. The maximum absolute atomic E-state index is 14.2. The van der Waals surface area contributed by atoms with Crippen molar-refractivity contribution in [3.63, 3.8) is 0 Å². The molecule has 3 aromatic rings. The highest BCUT2D eigenvalue weighted by molar-refractivity contribution is 7.92. The van der Waals surface area contributed by atoms with Crippen LogP contribution in [0.2, 0.25) is 0 Å². The summed E-state index contributed by atoms with van der Waals surface area (Å²) in [5.74, 6) is -0.651. The van der Waals surface area contributed by atoms with Crippen molar-refractivity contribution in [1.29, 1.82) is 0 Å². The predicted molar refractivity (Wildman–Crippen MR) is 166 cm³/mol. The van der Waals surface area contributed by atoms with E-state index in [1.807, 2.05) is 87.5 Å². The average Bonchev–Trinajstić information content (AvgIpc) is 2.94. The summed E-state index contributed by atoms with van der Waals surface area (Å²) < 4.78 is 27.4. The third-order valence-corrected chi connectivity index (χ3v) is 8.21. The van der Waals surface area contributed by atoms with Crippen LogP contribution in [0, 0.1) is 6.92 Å². The van der Waals surface area contributed by atoms with Gasteiger partial charge >= 0.3 is 0 Å². The number of hydrogen-bond donors (Lipinski definition) is 1. The van der Waals surface area contributed by atoms with Crippen molar-refractivity contribution in [2.45, 2.75) is 65.5 Å². The summed E-state index contributed by atoms with van der Waals surface area (Å²) in [5, 5.41) is 3.01. The van der Waals surface area contributed by atoms with Gasteiger partial charge < -0.3 is 10.2 Å². The van der Waals surface area contributed by atoms with Gasteiger partial charge in [-0.15, -0.1) is 0 Å². The molecular formula is C33H43N3O4S. The molecule has 2 amide bonds. The first-order valence-electron chi connectivity index (χ1n) is 14.2. The van der Waals surface area contributed by atoms with Crippen molar-refractivity contribution < 1.29 is 18.0 Å². The van der Waals surface area contributed by atoms with E-state index in [4.69, 9.17) is 0 Å². The van der Waals surface area contributed by atoms with Crippen molar-refractivity contribution in [1.82, 2.24) is 10.2 Å². The van der Waals surface area contributed by atoms with Crippen LogP contribution in [0.4, 0.5) is 5.69 Å². The van der Waals surface area contributed by atoms with E-state index >= 15 is 0 Å². The van der Waals surface area contributed by atoms with Gasteiger partial charge in [-0.1, -0.05) is 106 Å². The van der Waals surface area contributed by atoms with E-state index in [1.54, 1.807) is 12.1 Å². The van der Waals surface area contributed by atoms with Crippen LogP contribution in [0.1, 0.15) is 61.8 Å². The number of carbonyl (C=O) groups is 2. The topological polar surface area (TPSA) is 86.8 Å². The highest BCUT2D eigenvalue weighted by Gasteiger charge is 2.33. The Morgan fingerprint density at radius 3 is 2.12 bits per heavy atom. The molecule has 0 aliphatic heterocycles. The van der Waals surface area contributed by atoms with Crippen molar-refractivity contribution in [2.24, 2.45) is 0 Å². The van der Waals surface area contributed by atoms with Gasteiger partial charge in [0.25, 0.3) is 0 Å². The van der Waals surface area contributed by atoms with Crippen LogP contribution < -0.4 is 9.62 Å². The van der Waals surface area contributed by atoms with Crippen LogP contribution in [0.3, 0.4) is 0 Å². The van der Waals surface area contributed by atoms with E-state index in [1.165, 1.54) is 9.21 Å². The lowest BCUT2D eigenvalue weighted by molar-refractivity contribution is -0.140. The molecule has 0 fully saturated rings. The maximum atomic E-state index is 14.2. The van der Waals surface area contributed by atoms with Crippen LogP contribution in [-0.4, -0.2) is 50.5 Å². The molecule has 0 bridgehead atoms. The summed E-state index contributed by atoms with van der Waals surface area (Å²) in [7, 11) is -3.82. The number of para-hydroxylation sites is 1. The molecule has 1 N–H and O–H groups in total. The molecule has 1 unspecified atom stereocenters. The van der Waals surface area contributed by atoms with Gasteiger partial charge in [-0.3, -0.25) is 13.9 Å². The fourth-order valence-corrected chi connectivity index (χ4v) is 5.62. The largest absolute Gasteiger partial charge is 0.354 e. The lowest BCUT2D eigenvalue weighted by Gasteiger charge is -2.34. The average molecular weight is 578 g/mol. The molecule has 0 spiro atoms. The Balaban J connectivity index is 2.06. The molecule has 3 rings (SSSR count). The summed E-state index contributed by atoms with van der Waals surface area (Å²) in [6.45, 7) is 8.27. The first-order valence-corrected chi connectivity index (χ1v) is 16.1. The van der Waals surface area contributed by atoms with Crippen LogP contribution in [0.15, 0.2) is 78.9 Å². The van der Waals surface area contributed by atoms with Crippen LogP contribution >= 0.6 is 0 Å². The molecule has 3 aromatic carbocycles. The highest BCUT2D eigenvalue weighted by atomic mass is 32.2. The highest BCUT2D eigenvalue weighted by Crippen LogP contribution is 2.29. The first-order chi connectivity index (χ1) is 19.5.